The van der Waals surface area contributed by atoms with Crippen molar-refractivity contribution in [3.05, 3.63) is 64.5 Å². The van der Waals surface area contributed by atoms with Crippen molar-refractivity contribution in [2.24, 2.45) is 17.8 Å². The van der Waals surface area contributed by atoms with Gasteiger partial charge in [0, 0.05) is 5.92 Å². The Labute approximate surface area is 241 Å². The van der Waals surface area contributed by atoms with Crippen LogP contribution in [-0.4, -0.2) is 55.9 Å². The van der Waals surface area contributed by atoms with Gasteiger partial charge < -0.3 is 9.84 Å². The maximum Gasteiger partial charge on any atom is 0.258 e. The molecule has 1 saturated carbocycles. The van der Waals surface area contributed by atoms with Crippen LogP contribution in [0.1, 0.15) is 24.3 Å². The lowest BCUT2D eigenvalue weighted by Gasteiger charge is -2.50. The first-order valence-electron chi connectivity index (χ1n) is 12.2. The molecule has 3 fully saturated rings. The van der Waals surface area contributed by atoms with Crippen LogP contribution in [0, 0.1) is 23.6 Å². The highest BCUT2D eigenvalue weighted by molar-refractivity contribution is 6.58. The largest absolute Gasteiger partial charge is 0.503 e. The number of phenols is 1. The third kappa shape index (κ3) is 3.30. The van der Waals surface area contributed by atoms with E-state index in [1.807, 2.05) is 0 Å². The van der Waals surface area contributed by atoms with E-state index < -0.39 is 62.9 Å². The first kappa shape index (κ1) is 27.0. The van der Waals surface area contributed by atoms with Crippen molar-refractivity contribution in [1.82, 2.24) is 5.06 Å². The van der Waals surface area contributed by atoms with Crippen molar-refractivity contribution in [3.63, 3.8) is 0 Å². The van der Waals surface area contributed by atoms with Gasteiger partial charge in [-0.05, 0) is 60.7 Å². The number of allylic oxidation sites excluding steroid dienone is 2. The minimum atomic E-state index is -2.18. The number of alkyl halides is 2. The smallest absolute Gasteiger partial charge is 0.258 e. The zero-order chi connectivity index (χ0) is 28.9. The molecule has 0 unspecified atom stereocenters. The monoisotopic (exact) mass is 608 g/mol. The Balaban J connectivity index is 1.60. The quantitative estimate of drug-likeness (QED) is 0.232. The van der Waals surface area contributed by atoms with Crippen LogP contribution in [0.25, 0.3) is 0 Å². The summed E-state index contributed by atoms with van der Waals surface area (Å²) in [6, 6.07) is 7.40. The lowest BCUT2D eigenvalue weighted by atomic mass is 9.56. The van der Waals surface area contributed by atoms with E-state index in [0.717, 1.165) is 17.0 Å². The van der Waals surface area contributed by atoms with Crippen molar-refractivity contribution in [2.75, 3.05) is 12.0 Å². The maximum atomic E-state index is 14.2. The second-order valence-corrected chi connectivity index (χ2v) is 11.9. The fourth-order valence-electron chi connectivity index (χ4n) is 6.67. The molecule has 4 aliphatic rings. The number of rotatable bonds is 3. The fourth-order valence-corrected chi connectivity index (χ4v) is 7.83. The molecule has 2 aliphatic heterocycles. The molecule has 13 heteroatoms. The van der Waals surface area contributed by atoms with Gasteiger partial charge in [-0.1, -0.05) is 23.3 Å². The van der Waals surface area contributed by atoms with Gasteiger partial charge in [-0.2, -0.15) is 5.06 Å². The average molecular weight is 610 g/mol. The van der Waals surface area contributed by atoms with Crippen LogP contribution in [0.4, 0.5) is 10.1 Å². The molecule has 0 bridgehead atoms. The zero-order valence-corrected chi connectivity index (χ0v) is 22.9. The lowest BCUT2D eigenvalue weighted by molar-refractivity contribution is -0.173. The number of halogens is 4. The van der Waals surface area contributed by atoms with Gasteiger partial charge in [-0.3, -0.25) is 24.4 Å². The van der Waals surface area contributed by atoms with Crippen LogP contribution in [0.3, 0.4) is 0 Å². The fraction of sp³-hybridized carbons (Fsp3) is 0.333. The van der Waals surface area contributed by atoms with Crippen LogP contribution < -0.4 is 9.64 Å². The first-order chi connectivity index (χ1) is 18.9. The summed E-state index contributed by atoms with van der Waals surface area (Å²) in [5.74, 6) is -8.40. The van der Waals surface area contributed by atoms with Gasteiger partial charge in [0.15, 0.2) is 21.2 Å². The number of amides is 4. The van der Waals surface area contributed by atoms with Gasteiger partial charge >= 0.3 is 0 Å². The van der Waals surface area contributed by atoms with E-state index in [1.165, 1.54) is 31.4 Å². The third-order valence-electron chi connectivity index (χ3n) is 8.48. The number of anilines is 1. The molecule has 2 heterocycles. The standard InChI is InChI=1S/C27H20Cl3FN2O7/c1-40-18-9-11(8-17(28)21(18)34)20-14-6-7-15-19(23(36)33(39)22(15)35)16(14)10-26(29)24(37)32(25(38)27(20,26)30)13-4-2-12(31)3-5-13/h2-6,8-9,15-16,19-20,34,39H,7,10H2,1H3/t15-,16+,19-,20-,26+,27-/m0/s1. The number of imide groups is 2. The number of carbonyl (C=O) groups excluding carboxylic acids is 4. The summed E-state index contributed by atoms with van der Waals surface area (Å²) in [4.78, 5) is 50.4. The Kier molecular flexibility index (Phi) is 6.02. The van der Waals surface area contributed by atoms with Crippen molar-refractivity contribution in [3.8, 4) is 11.5 Å². The van der Waals surface area contributed by atoms with Gasteiger partial charge in [0.1, 0.15) is 5.82 Å². The Hall–Kier alpha value is -3.18. The van der Waals surface area contributed by atoms with Gasteiger partial charge in [-0.15, -0.1) is 23.2 Å². The number of ether oxygens (including phenoxy) is 1. The van der Waals surface area contributed by atoms with E-state index in [0.29, 0.717) is 5.57 Å². The predicted octanol–water partition coefficient (Wildman–Crippen LogP) is 4.15. The molecular formula is C27H20Cl3FN2O7. The van der Waals surface area contributed by atoms with Crippen LogP contribution in [0.15, 0.2) is 48.0 Å². The third-order valence-corrected chi connectivity index (χ3v) is 10.2. The van der Waals surface area contributed by atoms with Gasteiger partial charge in [0.05, 0.1) is 29.7 Å². The van der Waals surface area contributed by atoms with Crippen molar-refractivity contribution in [1.29, 1.82) is 0 Å². The lowest BCUT2D eigenvalue weighted by Crippen LogP contribution is -2.60. The molecule has 2 saturated heterocycles. The highest BCUT2D eigenvalue weighted by Crippen LogP contribution is 2.66. The van der Waals surface area contributed by atoms with Crippen LogP contribution in [0.2, 0.25) is 5.02 Å². The summed E-state index contributed by atoms with van der Waals surface area (Å²) in [6.45, 7) is 0. The normalized spacial score (nSPS) is 33.1. The van der Waals surface area contributed by atoms with E-state index in [2.05, 4.69) is 0 Å². The Morgan fingerprint density at radius 2 is 1.70 bits per heavy atom. The van der Waals surface area contributed by atoms with E-state index in [-0.39, 0.29) is 45.7 Å². The maximum absolute atomic E-state index is 14.2. The molecule has 6 rings (SSSR count). The van der Waals surface area contributed by atoms with Gasteiger partial charge in [0.2, 0.25) is 0 Å². The molecule has 4 amide bonds. The molecule has 2 aliphatic carbocycles. The molecule has 6 atom stereocenters. The number of nitrogens with zero attached hydrogens (tertiary/aromatic N) is 2. The van der Waals surface area contributed by atoms with E-state index in [9.17, 15) is 33.9 Å². The van der Waals surface area contributed by atoms with Crippen molar-refractivity contribution in [2.45, 2.75) is 28.5 Å². The summed E-state index contributed by atoms with van der Waals surface area (Å²) in [6.07, 6.45) is 1.43. The molecule has 0 spiro atoms. The first-order valence-corrected chi connectivity index (χ1v) is 13.4. The molecule has 0 radical (unpaired) electrons. The second-order valence-electron chi connectivity index (χ2n) is 10.3. The zero-order valence-electron chi connectivity index (χ0n) is 20.6. The molecule has 2 aromatic carbocycles. The molecule has 40 heavy (non-hydrogen) atoms. The Bertz CT molecular complexity index is 1550. The van der Waals surface area contributed by atoms with Crippen molar-refractivity contribution < 1.29 is 38.6 Å². The van der Waals surface area contributed by atoms with E-state index in [4.69, 9.17) is 39.5 Å². The number of hydrogen-bond donors (Lipinski definition) is 2. The SMILES string of the molecule is COc1cc([C@H]2C3=CC[C@@H]4C(=O)N(O)C(=O)[C@@H]4[C@@H]3C[C@@]3(Cl)C(=O)N(c4ccc(F)cc4)C(=O)[C@@]23Cl)cc(Cl)c1O. The minimum absolute atomic E-state index is 0.0365. The van der Waals surface area contributed by atoms with Crippen LogP contribution in [-0.2, 0) is 19.2 Å². The number of benzene rings is 2. The van der Waals surface area contributed by atoms with Gasteiger partial charge in [0.25, 0.3) is 23.6 Å². The Morgan fingerprint density at radius 1 is 1.02 bits per heavy atom. The number of aromatic hydroxyl groups is 1. The van der Waals surface area contributed by atoms with Crippen LogP contribution in [0.5, 0.6) is 11.5 Å². The van der Waals surface area contributed by atoms with Crippen molar-refractivity contribution >= 4 is 64.1 Å². The summed E-state index contributed by atoms with van der Waals surface area (Å²) in [7, 11) is 1.30. The average Bonchev–Trinajstić information content (AvgIpc) is 3.24. The number of hydrogen-bond acceptors (Lipinski definition) is 7. The summed E-state index contributed by atoms with van der Waals surface area (Å²) in [5, 5.41) is 20.5. The summed E-state index contributed by atoms with van der Waals surface area (Å²) in [5.41, 5.74) is 0.748. The topological polar surface area (TPSA) is 124 Å². The highest BCUT2D eigenvalue weighted by atomic mass is 35.5. The Morgan fingerprint density at radius 3 is 2.35 bits per heavy atom. The minimum Gasteiger partial charge on any atom is -0.503 e. The number of fused-ring (bicyclic) bond motifs is 4. The molecular weight excluding hydrogens is 590 g/mol. The molecule has 0 aromatic heterocycles. The second kappa shape index (κ2) is 8.91. The summed E-state index contributed by atoms with van der Waals surface area (Å²) >= 11 is 20.7. The molecule has 2 aromatic rings. The molecule has 9 nitrogen and oxygen atoms in total. The summed E-state index contributed by atoms with van der Waals surface area (Å²) < 4.78 is 18.9. The number of hydroxylamine groups is 2. The highest BCUT2D eigenvalue weighted by Gasteiger charge is 2.76. The van der Waals surface area contributed by atoms with E-state index >= 15 is 0 Å². The number of methoxy groups -OCH3 is 1. The van der Waals surface area contributed by atoms with Crippen LogP contribution >= 0.6 is 34.8 Å². The number of carbonyl (C=O) groups is 4. The van der Waals surface area contributed by atoms with E-state index in [1.54, 1.807) is 6.08 Å². The predicted molar refractivity (Wildman–Crippen MR) is 140 cm³/mol. The van der Waals surface area contributed by atoms with Gasteiger partial charge in [-0.25, -0.2) is 9.29 Å². The molecule has 2 N–H and O–H groups in total. The number of phenolic OH excluding ortho intramolecular Hbond substituents is 1. The molecule has 208 valence electrons.